The molecule has 5 nitrogen and oxygen atoms in total. The average molecular weight is 360 g/mol. The lowest BCUT2D eigenvalue weighted by Gasteiger charge is -2.09. The number of rotatable bonds is 8. The van der Waals surface area contributed by atoms with E-state index in [1.807, 2.05) is 48.5 Å². The number of hydrogen-bond donors (Lipinski definition) is 3. The number of hydrogen-bond acceptors (Lipinski definition) is 3. The second-order valence-electron chi connectivity index (χ2n) is 5.66. The van der Waals surface area contributed by atoms with Gasteiger partial charge in [0.25, 0.3) is 0 Å². The third-order valence-corrected chi connectivity index (χ3v) is 3.79. The van der Waals surface area contributed by atoms with Gasteiger partial charge in [-0.1, -0.05) is 23.7 Å². The third kappa shape index (κ3) is 7.27. The molecule has 0 aliphatic carbocycles. The highest BCUT2D eigenvalue weighted by atomic mass is 35.5. The minimum atomic E-state index is -0.101. The summed E-state index contributed by atoms with van der Waals surface area (Å²) in [7, 11) is 0. The standard InChI is InChI=1S/C19H22ClN3O2/c1-14(24)23-18-8-6-17(7-9-18)21-13-11-19(25)22-12-10-15-2-4-16(20)5-3-15/h2-9,21H,10-13H2,1H3,(H,22,25)(H,23,24). The Morgan fingerprint density at radius 1 is 0.920 bits per heavy atom. The summed E-state index contributed by atoms with van der Waals surface area (Å²) in [5.41, 5.74) is 2.79. The van der Waals surface area contributed by atoms with Gasteiger partial charge in [0.1, 0.15) is 0 Å². The lowest BCUT2D eigenvalue weighted by molar-refractivity contribution is -0.120. The van der Waals surface area contributed by atoms with E-state index in [1.54, 1.807) is 0 Å². The first-order valence-electron chi connectivity index (χ1n) is 8.15. The fourth-order valence-corrected chi connectivity index (χ4v) is 2.41. The zero-order valence-corrected chi connectivity index (χ0v) is 14.9. The summed E-state index contributed by atoms with van der Waals surface area (Å²) in [6.07, 6.45) is 1.18. The van der Waals surface area contributed by atoms with Gasteiger partial charge in [-0.2, -0.15) is 0 Å². The predicted molar refractivity (Wildman–Crippen MR) is 102 cm³/mol. The molecule has 0 saturated carbocycles. The fourth-order valence-electron chi connectivity index (χ4n) is 2.28. The van der Waals surface area contributed by atoms with Gasteiger partial charge in [-0.3, -0.25) is 9.59 Å². The summed E-state index contributed by atoms with van der Waals surface area (Å²) in [6, 6.07) is 15.0. The largest absolute Gasteiger partial charge is 0.385 e. The van der Waals surface area contributed by atoms with Gasteiger partial charge in [-0.15, -0.1) is 0 Å². The monoisotopic (exact) mass is 359 g/mol. The molecule has 0 aliphatic heterocycles. The maximum absolute atomic E-state index is 11.8. The smallest absolute Gasteiger partial charge is 0.221 e. The molecule has 0 spiro atoms. The van der Waals surface area contributed by atoms with Gasteiger partial charge in [0, 0.05) is 42.8 Å². The van der Waals surface area contributed by atoms with Crippen LogP contribution in [0.15, 0.2) is 48.5 Å². The van der Waals surface area contributed by atoms with Gasteiger partial charge < -0.3 is 16.0 Å². The van der Waals surface area contributed by atoms with Crippen molar-refractivity contribution < 1.29 is 9.59 Å². The lowest BCUT2D eigenvalue weighted by atomic mass is 10.1. The van der Waals surface area contributed by atoms with Crippen molar-refractivity contribution in [3.8, 4) is 0 Å². The summed E-state index contributed by atoms with van der Waals surface area (Å²) in [5, 5.41) is 9.51. The second kappa shape index (κ2) is 9.69. The molecular weight excluding hydrogens is 338 g/mol. The van der Waals surface area contributed by atoms with Crippen LogP contribution in [0.4, 0.5) is 11.4 Å². The molecule has 0 atom stereocenters. The van der Waals surface area contributed by atoms with Crippen molar-refractivity contribution in [1.29, 1.82) is 0 Å². The van der Waals surface area contributed by atoms with E-state index in [2.05, 4.69) is 16.0 Å². The number of anilines is 2. The molecule has 132 valence electrons. The molecule has 6 heteroatoms. The number of carbonyl (C=O) groups excluding carboxylic acids is 2. The molecule has 3 N–H and O–H groups in total. The van der Waals surface area contributed by atoms with Crippen LogP contribution < -0.4 is 16.0 Å². The van der Waals surface area contributed by atoms with Gasteiger partial charge in [0.15, 0.2) is 0 Å². The summed E-state index contributed by atoms with van der Waals surface area (Å²) >= 11 is 5.84. The first-order valence-corrected chi connectivity index (χ1v) is 8.53. The number of carbonyl (C=O) groups is 2. The van der Waals surface area contributed by atoms with E-state index >= 15 is 0 Å². The van der Waals surface area contributed by atoms with E-state index in [0.717, 1.165) is 23.4 Å². The SMILES string of the molecule is CC(=O)Nc1ccc(NCCC(=O)NCCc2ccc(Cl)cc2)cc1. The Kier molecular flexibility index (Phi) is 7.29. The van der Waals surface area contributed by atoms with Crippen LogP contribution >= 0.6 is 11.6 Å². The molecule has 0 aliphatic rings. The third-order valence-electron chi connectivity index (χ3n) is 3.54. The minimum absolute atomic E-state index is 0.0105. The van der Waals surface area contributed by atoms with Crippen molar-refractivity contribution >= 4 is 34.8 Å². The zero-order valence-electron chi connectivity index (χ0n) is 14.1. The van der Waals surface area contributed by atoms with Crippen LogP contribution in [0.5, 0.6) is 0 Å². The van der Waals surface area contributed by atoms with Crippen LogP contribution in [-0.4, -0.2) is 24.9 Å². The first kappa shape index (κ1) is 18.8. The molecule has 0 saturated heterocycles. The molecule has 0 bridgehead atoms. The van der Waals surface area contributed by atoms with E-state index in [4.69, 9.17) is 11.6 Å². The quantitative estimate of drug-likeness (QED) is 0.676. The lowest BCUT2D eigenvalue weighted by Crippen LogP contribution is -2.27. The van der Waals surface area contributed by atoms with Crippen LogP contribution in [0.2, 0.25) is 5.02 Å². The van der Waals surface area contributed by atoms with E-state index < -0.39 is 0 Å². The van der Waals surface area contributed by atoms with Gasteiger partial charge in [-0.05, 0) is 48.4 Å². The molecule has 2 aromatic rings. The topological polar surface area (TPSA) is 70.2 Å². The molecule has 2 rings (SSSR count). The Labute approximate surface area is 152 Å². The van der Waals surface area contributed by atoms with Crippen molar-refractivity contribution in [2.45, 2.75) is 19.8 Å². The van der Waals surface area contributed by atoms with Gasteiger partial charge in [-0.25, -0.2) is 0 Å². The summed E-state index contributed by atoms with van der Waals surface area (Å²) in [4.78, 5) is 22.8. The van der Waals surface area contributed by atoms with Crippen molar-refractivity contribution in [1.82, 2.24) is 5.32 Å². The fraction of sp³-hybridized carbons (Fsp3) is 0.263. The van der Waals surface area contributed by atoms with Crippen molar-refractivity contribution in [3.63, 3.8) is 0 Å². The van der Waals surface area contributed by atoms with E-state index in [-0.39, 0.29) is 11.8 Å². The van der Waals surface area contributed by atoms with Crippen molar-refractivity contribution in [2.75, 3.05) is 23.7 Å². The number of benzene rings is 2. The summed E-state index contributed by atoms with van der Waals surface area (Å²) in [5.74, 6) is -0.0905. The maximum Gasteiger partial charge on any atom is 0.221 e. The molecule has 0 fully saturated rings. The van der Waals surface area contributed by atoms with Gasteiger partial charge in [0.05, 0.1) is 0 Å². The highest BCUT2D eigenvalue weighted by Gasteiger charge is 2.02. The molecule has 0 heterocycles. The van der Waals surface area contributed by atoms with E-state index in [1.165, 1.54) is 6.92 Å². The second-order valence-corrected chi connectivity index (χ2v) is 6.10. The minimum Gasteiger partial charge on any atom is -0.385 e. The molecule has 25 heavy (non-hydrogen) atoms. The number of halogens is 1. The maximum atomic E-state index is 11.8. The number of amides is 2. The van der Waals surface area contributed by atoms with Gasteiger partial charge >= 0.3 is 0 Å². The Morgan fingerprint density at radius 3 is 2.20 bits per heavy atom. The Morgan fingerprint density at radius 2 is 1.56 bits per heavy atom. The molecule has 0 unspecified atom stereocenters. The van der Waals surface area contributed by atoms with Crippen LogP contribution in [0.1, 0.15) is 18.9 Å². The van der Waals surface area contributed by atoms with E-state index in [0.29, 0.717) is 24.5 Å². The Hall–Kier alpha value is -2.53. The van der Waals surface area contributed by atoms with Gasteiger partial charge in [0.2, 0.25) is 11.8 Å². The van der Waals surface area contributed by atoms with Crippen molar-refractivity contribution in [3.05, 3.63) is 59.1 Å². The molecule has 2 amide bonds. The summed E-state index contributed by atoms with van der Waals surface area (Å²) < 4.78 is 0. The zero-order chi connectivity index (χ0) is 18.1. The highest BCUT2D eigenvalue weighted by Crippen LogP contribution is 2.13. The summed E-state index contributed by atoms with van der Waals surface area (Å²) in [6.45, 7) is 2.62. The van der Waals surface area contributed by atoms with Crippen LogP contribution in [-0.2, 0) is 16.0 Å². The first-order chi connectivity index (χ1) is 12.0. The molecular formula is C19H22ClN3O2. The van der Waals surface area contributed by atoms with Crippen molar-refractivity contribution in [2.24, 2.45) is 0 Å². The van der Waals surface area contributed by atoms with Crippen LogP contribution in [0, 0.1) is 0 Å². The van der Waals surface area contributed by atoms with Crippen LogP contribution in [0.25, 0.3) is 0 Å². The van der Waals surface area contributed by atoms with Crippen LogP contribution in [0.3, 0.4) is 0 Å². The van der Waals surface area contributed by atoms with E-state index in [9.17, 15) is 9.59 Å². The Bertz CT molecular complexity index is 700. The predicted octanol–water partition coefficient (Wildman–Crippen LogP) is 3.46. The normalized spacial score (nSPS) is 10.2. The highest BCUT2D eigenvalue weighted by molar-refractivity contribution is 6.30. The molecule has 0 aromatic heterocycles. The number of nitrogens with one attached hydrogen (secondary N) is 3. The Balaban J connectivity index is 1.63. The molecule has 2 aromatic carbocycles. The molecule has 0 radical (unpaired) electrons. The average Bonchev–Trinajstić information content (AvgIpc) is 2.58.